The summed E-state index contributed by atoms with van der Waals surface area (Å²) < 4.78 is 9.98. The molecule has 0 aromatic carbocycles. The zero-order valence-corrected chi connectivity index (χ0v) is 15.7. The Morgan fingerprint density at radius 2 is 1.91 bits per heavy atom. The van der Waals surface area contributed by atoms with Crippen LogP contribution < -0.4 is 4.57 Å². The van der Waals surface area contributed by atoms with Crippen LogP contribution in [0.5, 0.6) is 0 Å². The number of unbranched alkanes of at least 4 members (excludes halogenated alkanes) is 1. The molecule has 0 saturated heterocycles. The molecular weight excluding hydrogens is 274 g/mol. The molecule has 0 aliphatic heterocycles. The first-order valence-electron chi connectivity index (χ1n) is 8.28. The first kappa shape index (κ1) is 18.7. The Morgan fingerprint density at radius 1 is 1.27 bits per heavy atom. The average Bonchev–Trinajstić information content (AvgIpc) is 2.72. The minimum absolute atomic E-state index is 0.156. The highest BCUT2D eigenvalue weighted by molar-refractivity contribution is 5.89. The lowest BCUT2D eigenvalue weighted by molar-refractivity contribution is -0.672. The van der Waals surface area contributed by atoms with Crippen LogP contribution >= 0.6 is 0 Å². The Hall–Kier alpha value is -1.32. The van der Waals surface area contributed by atoms with Crippen molar-refractivity contribution in [2.24, 2.45) is 17.5 Å². The molecule has 0 spiro atoms. The highest BCUT2D eigenvalue weighted by Crippen LogP contribution is 2.30. The van der Waals surface area contributed by atoms with Gasteiger partial charge in [-0.15, -0.1) is 0 Å². The molecule has 1 aromatic rings. The number of ether oxygens (including phenoxy) is 1. The van der Waals surface area contributed by atoms with Gasteiger partial charge in [-0.1, -0.05) is 34.1 Å². The molecule has 0 unspecified atom stereocenters. The van der Waals surface area contributed by atoms with Crippen LogP contribution in [0.2, 0.25) is 0 Å². The topological polar surface area (TPSA) is 30.4 Å². The number of aliphatic imine (C=N–C) groups is 1. The van der Waals surface area contributed by atoms with E-state index in [0.29, 0.717) is 0 Å². The highest BCUT2D eigenvalue weighted by atomic mass is 16.5. The van der Waals surface area contributed by atoms with Gasteiger partial charge >= 0.3 is 11.7 Å². The van der Waals surface area contributed by atoms with Crippen LogP contribution in [0, 0.1) is 5.41 Å². The highest BCUT2D eigenvalue weighted by Gasteiger charge is 2.29. The summed E-state index contributed by atoms with van der Waals surface area (Å²) in [7, 11) is 3.76. The number of hydrogen-bond donors (Lipinski definition) is 0. The second-order valence-corrected chi connectivity index (χ2v) is 7.95. The molecule has 0 N–H and O–H groups in total. The summed E-state index contributed by atoms with van der Waals surface area (Å²) in [6.45, 7) is 14.3. The van der Waals surface area contributed by atoms with Crippen LogP contribution in [0.25, 0.3) is 0 Å². The molecule has 4 heteroatoms. The maximum absolute atomic E-state index is 5.65. The molecule has 1 aromatic heterocycles. The lowest BCUT2D eigenvalue weighted by Crippen LogP contribution is -2.38. The molecule has 126 valence electrons. The van der Waals surface area contributed by atoms with Gasteiger partial charge in [-0.05, 0) is 32.1 Å². The van der Waals surface area contributed by atoms with Crippen LogP contribution in [0.15, 0.2) is 17.4 Å². The van der Waals surface area contributed by atoms with E-state index < -0.39 is 0 Å². The molecule has 0 aliphatic carbocycles. The van der Waals surface area contributed by atoms with Crippen molar-refractivity contribution in [1.29, 1.82) is 0 Å². The third-order valence-electron chi connectivity index (χ3n) is 3.58. The van der Waals surface area contributed by atoms with Gasteiger partial charge in [0.15, 0.2) is 0 Å². The maximum Gasteiger partial charge on any atom is 0.344 e. The minimum atomic E-state index is -0.156. The van der Waals surface area contributed by atoms with Gasteiger partial charge in [-0.3, -0.25) is 0 Å². The van der Waals surface area contributed by atoms with Crippen molar-refractivity contribution < 1.29 is 9.30 Å². The predicted octanol–water partition coefficient (Wildman–Crippen LogP) is 3.72. The Balaban J connectivity index is 3.15. The van der Waals surface area contributed by atoms with E-state index in [1.807, 2.05) is 7.05 Å². The van der Waals surface area contributed by atoms with Gasteiger partial charge < -0.3 is 4.74 Å². The van der Waals surface area contributed by atoms with Crippen molar-refractivity contribution in [3.05, 3.63) is 18.2 Å². The van der Waals surface area contributed by atoms with E-state index >= 15 is 0 Å². The monoisotopic (exact) mass is 308 g/mol. The minimum Gasteiger partial charge on any atom is -0.475 e. The summed E-state index contributed by atoms with van der Waals surface area (Å²) in [6, 6.07) is 0. The summed E-state index contributed by atoms with van der Waals surface area (Å²) in [5.41, 5.74) is 0.0781. The van der Waals surface area contributed by atoms with Crippen LogP contribution in [0.1, 0.15) is 66.6 Å². The van der Waals surface area contributed by atoms with Gasteiger partial charge in [0.1, 0.15) is 12.4 Å². The van der Waals surface area contributed by atoms with E-state index in [4.69, 9.17) is 9.73 Å². The molecule has 0 atom stereocenters. The standard InChI is InChI=1S/C18H34N3O/c1-9-10-11-21-13-12-20(7)16(21)15(22-8)19-18(5,6)14-17(2,3)4/h12-13H,9-11,14H2,1-8H3/q+1/b19-15-. The van der Waals surface area contributed by atoms with Gasteiger partial charge in [-0.2, -0.15) is 0 Å². The summed E-state index contributed by atoms with van der Waals surface area (Å²) in [6.07, 6.45) is 7.51. The quantitative estimate of drug-likeness (QED) is 0.447. The van der Waals surface area contributed by atoms with Crippen LogP contribution in [-0.4, -0.2) is 23.1 Å². The summed E-state index contributed by atoms with van der Waals surface area (Å²) in [4.78, 5) is 4.94. The zero-order valence-electron chi connectivity index (χ0n) is 15.7. The fraction of sp³-hybridized carbons (Fsp3) is 0.778. The number of hydrogen-bond acceptors (Lipinski definition) is 2. The predicted molar refractivity (Wildman–Crippen MR) is 92.2 cm³/mol. The van der Waals surface area contributed by atoms with Crippen molar-refractivity contribution in [3.63, 3.8) is 0 Å². The van der Waals surface area contributed by atoms with E-state index in [9.17, 15) is 0 Å². The van der Waals surface area contributed by atoms with Crippen molar-refractivity contribution in [2.45, 2.75) is 72.9 Å². The Morgan fingerprint density at radius 3 is 2.41 bits per heavy atom. The van der Waals surface area contributed by atoms with Gasteiger partial charge in [0.2, 0.25) is 0 Å². The molecule has 1 rings (SSSR count). The molecular formula is C18H34N3O+. The number of methoxy groups -OCH3 is 1. The number of aromatic nitrogens is 2. The van der Waals surface area contributed by atoms with E-state index in [0.717, 1.165) is 31.1 Å². The zero-order chi connectivity index (χ0) is 17.0. The second-order valence-electron chi connectivity index (χ2n) is 7.95. The van der Waals surface area contributed by atoms with E-state index in [2.05, 4.69) is 63.1 Å². The van der Waals surface area contributed by atoms with Gasteiger partial charge in [-0.25, -0.2) is 14.1 Å². The average molecular weight is 308 g/mol. The maximum atomic E-state index is 5.65. The lowest BCUT2D eigenvalue weighted by Gasteiger charge is -2.29. The van der Waals surface area contributed by atoms with Crippen LogP contribution in [0.3, 0.4) is 0 Å². The summed E-state index contributed by atoms with van der Waals surface area (Å²) in [5.74, 6) is 1.76. The van der Waals surface area contributed by atoms with Crippen molar-refractivity contribution in [3.8, 4) is 0 Å². The number of imidazole rings is 1. The normalized spacial score (nSPS) is 13.5. The fourth-order valence-corrected chi connectivity index (χ4v) is 3.11. The molecule has 4 nitrogen and oxygen atoms in total. The number of aryl methyl sites for hydroxylation is 2. The largest absolute Gasteiger partial charge is 0.475 e. The molecule has 0 aliphatic rings. The summed E-state index contributed by atoms with van der Waals surface area (Å²) >= 11 is 0. The SMILES string of the molecule is CCCCn1cc[n+](C)c1/C(=N/C(C)(C)CC(C)(C)C)OC. The fourth-order valence-electron chi connectivity index (χ4n) is 3.11. The van der Waals surface area contributed by atoms with Crippen LogP contribution in [0.4, 0.5) is 0 Å². The van der Waals surface area contributed by atoms with E-state index in [1.165, 1.54) is 6.42 Å². The third-order valence-corrected chi connectivity index (χ3v) is 3.58. The molecule has 0 radical (unpaired) electrons. The molecule has 0 amide bonds. The van der Waals surface area contributed by atoms with Gasteiger partial charge in [0.05, 0.1) is 26.2 Å². The molecule has 1 heterocycles. The van der Waals surface area contributed by atoms with Gasteiger partial charge in [0, 0.05) is 0 Å². The smallest absolute Gasteiger partial charge is 0.344 e. The Bertz CT molecular complexity index is 507. The first-order chi connectivity index (χ1) is 10.1. The molecule has 22 heavy (non-hydrogen) atoms. The Kier molecular flexibility index (Phi) is 6.21. The Labute approximate surface area is 136 Å². The van der Waals surface area contributed by atoms with Crippen molar-refractivity contribution >= 4 is 5.90 Å². The van der Waals surface area contributed by atoms with Crippen LogP contribution in [-0.2, 0) is 18.3 Å². The van der Waals surface area contributed by atoms with E-state index in [-0.39, 0.29) is 11.0 Å². The first-order valence-corrected chi connectivity index (χ1v) is 8.28. The van der Waals surface area contributed by atoms with E-state index in [1.54, 1.807) is 7.11 Å². The van der Waals surface area contributed by atoms with Crippen molar-refractivity contribution in [1.82, 2.24) is 4.57 Å². The number of nitrogens with zero attached hydrogens (tertiary/aromatic N) is 3. The summed E-state index contributed by atoms with van der Waals surface area (Å²) in [5, 5.41) is 0. The number of rotatable bonds is 6. The molecule has 0 bridgehead atoms. The molecule has 0 saturated carbocycles. The molecule has 0 fully saturated rings. The van der Waals surface area contributed by atoms with Crippen molar-refractivity contribution in [2.75, 3.05) is 7.11 Å². The van der Waals surface area contributed by atoms with Gasteiger partial charge in [0.25, 0.3) is 0 Å². The lowest BCUT2D eigenvalue weighted by atomic mass is 9.82. The second kappa shape index (κ2) is 7.30. The third kappa shape index (κ3) is 5.47.